The van der Waals surface area contributed by atoms with Gasteiger partial charge in [0, 0.05) is 24.1 Å². The molecule has 4 nitrogen and oxygen atoms in total. The predicted octanol–water partition coefficient (Wildman–Crippen LogP) is 2.44. The molecule has 0 radical (unpaired) electrons. The van der Waals surface area contributed by atoms with Crippen molar-refractivity contribution < 1.29 is 14.3 Å². The minimum absolute atomic E-state index is 0.123. The van der Waals surface area contributed by atoms with E-state index in [4.69, 9.17) is 5.73 Å². The zero-order valence-corrected chi connectivity index (χ0v) is 11.5. The lowest BCUT2D eigenvalue weighted by atomic mass is 10.1. The van der Waals surface area contributed by atoms with E-state index in [0.29, 0.717) is 10.9 Å². The zero-order valence-electron chi connectivity index (χ0n) is 10.7. The van der Waals surface area contributed by atoms with Crippen molar-refractivity contribution in [2.24, 2.45) is 0 Å². The maximum atomic E-state index is 13.4. The summed E-state index contributed by atoms with van der Waals surface area (Å²) in [6, 6.07) is 2.75. The standard InChI is InChI=1S/C13H17FN2O2S/c1-2-8-7-16(5-6-19-8)10-4-3-9(14)12(15)11(10)13(17)18/h3-4,8H,2,5-7,15H2,1H3,(H,17,18). The molecule has 104 valence electrons. The molecule has 1 saturated heterocycles. The summed E-state index contributed by atoms with van der Waals surface area (Å²) >= 11 is 1.89. The fourth-order valence-electron chi connectivity index (χ4n) is 2.26. The van der Waals surface area contributed by atoms with E-state index in [2.05, 4.69) is 6.92 Å². The van der Waals surface area contributed by atoms with E-state index < -0.39 is 11.8 Å². The van der Waals surface area contributed by atoms with Crippen molar-refractivity contribution >= 4 is 29.1 Å². The van der Waals surface area contributed by atoms with E-state index in [9.17, 15) is 14.3 Å². The molecule has 1 aromatic rings. The average molecular weight is 284 g/mol. The number of nitrogens with zero attached hydrogens (tertiary/aromatic N) is 1. The van der Waals surface area contributed by atoms with Crippen LogP contribution in [0.1, 0.15) is 23.7 Å². The molecule has 19 heavy (non-hydrogen) atoms. The minimum Gasteiger partial charge on any atom is -0.478 e. The van der Waals surface area contributed by atoms with Crippen molar-refractivity contribution in [3.63, 3.8) is 0 Å². The number of thioether (sulfide) groups is 1. The Labute approximate surface area is 115 Å². The summed E-state index contributed by atoms with van der Waals surface area (Å²) < 4.78 is 13.4. The number of hydrogen-bond acceptors (Lipinski definition) is 4. The van der Waals surface area contributed by atoms with Gasteiger partial charge in [0.2, 0.25) is 0 Å². The molecule has 0 amide bonds. The lowest BCUT2D eigenvalue weighted by Gasteiger charge is -2.34. The van der Waals surface area contributed by atoms with Crippen LogP contribution in [0.5, 0.6) is 0 Å². The minimum atomic E-state index is -1.18. The summed E-state index contributed by atoms with van der Waals surface area (Å²) in [7, 11) is 0. The third-order valence-corrected chi connectivity index (χ3v) is 4.69. The Morgan fingerprint density at radius 2 is 2.37 bits per heavy atom. The van der Waals surface area contributed by atoms with Crippen LogP contribution in [0.3, 0.4) is 0 Å². The number of hydrogen-bond donors (Lipinski definition) is 2. The number of anilines is 2. The number of rotatable bonds is 3. The number of carboxylic acids is 1. The zero-order chi connectivity index (χ0) is 14.0. The van der Waals surface area contributed by atoms with Crippen molar-refractivity contribution in [1.29, 1.82) is 0 Å². The average Bonchev–Trinajstić information content (AvgIpc) is 2.41. The molecule has 1 heterocycles. The van der Waals surface area contributed by atoms with E-state index in [1.54, 1.807) is 0 Å². The van der Waals surface area contributed by atoms with Crippen LogP contribution in [-0.4, -0.2) is 35.2 Å². The Hall–Kier alpha value is -1.43. The second kappa shape index (κ2) is 5.69. The van der Waals surface area contributed by atoms with E-state index in [0.717, 1.165) is 25.3 Å². The summed E-state index contributed by atoms with van der Waals surface area (Å²) in [5.41, 5.74) is 5.68. The molecule has 2 rings (SSSR count). The van der Waals surface area contributed by atoms with Crippen LogP contribution in [0.4, 0.5) is 15.8 Å². The van der Waals surface area contributed by atoms with Crippen LogP contribution in [0.15, 0.2) is 12.1 Å². The molecule has 0 saturated carbocycles. The molecule has 1 aliphatic rings. The Bertz CT molecular complexity index is 496. The molecule has 1 unspecified atom stereocenters. The molecule has 1 aromatic carbocycles. The predicted molar refractivity (Wildman–Crippen MR) is 76.5 cm³/mol. The van der Waals surface area contributed by atoms with Gasteiger partial charge in [-0.25, -0.2) is 9.18 Å². The highest BCUT2D eigenvalue weighted by Crippen LogP contribution is 2.32. The molecule has 0 bridgehead atoms. The topological polar surface area (TPSA) is 66.6 Å². The van der Waals surface area contributed by atoms with Crippen LogP contribution in [0.2, 0.25) is 0 Å². The highest BCUT2D eigenvalue weighted by molar-refractivity contribution is 8.00. The van der Waals surface area contributed by atoms with Gasteiger partial charge in [0.05, 0.1) is 11.4 Å². The number of carbonyl (C=O) groups is 1. The first kappa shape index (κ1) is 14.0. The fraction of sp³-hybridized carbons (Fsp3) is 0.462. The van der Waals surface area contributed by atoms with Gasteiger partial charge in [-0.05, 0) is 18.6 Å². The first-order chi connectivity index (χ1) is 9.04. The lowest BCUT2D eigenvalue weighted by molar-refractivity contribution is 0.0698. The van der Waals surface area contributed by atoms with Gasteiger partial charge in [-0.2, -0.15) is 11.8 Å². The molecular formula is C13H17FN2O2S. The van der Waals surface area contributed by atoms with Gasteiger partial charge in [0.25, 0.3) is 0 Å². The van der Waals surface area contributed by atoms with Crippen LogP contribution in [-0.2, 0) is 0 Å². The van der Waals surface area contributed by atoms with Gasteiger partial charge >= 0.3 is 5.97 Å². The smallest absolute Gasteiger partial charge is 0.340 e. The first-order valence-electron chi connectivity index (χ1n) is 6.22. The van der Waals surface area contributed by atoms with E-state index in [-0.39, 0.29) is 11.3 Å². The summed E-state index contributed by atoms with van der Waals surface area (Å²) in [5, 5.41) is 9.72. The van der Waals surface area contributed by atoms with Crippen molar-refractivity contribution in [3.05, 3.63) is 23.5 Å². The van der Waals surface area contributed by atoms with Gasteiger partial charge in [-0.15, -0.1) is 0 Å². The lowest BCUT2D eigenvalue weighted by Crippen LogP contribution is -2.38. The molecule has 1 fully saturated rings. The van der Waals surface area contributed by atoms with Crippen molar-refractivity contribution in [3.8, 4) is 0 Å². The van der Waals surface area contributed by atoms with Crippen LogP contribution in [0.25, 0.3) is 0 Å². The Morgan fingerprint density at radius 3 is 3.00 bits per heavy atom. The maximum Gasteiger partial charge on any atom is 0.340 e. The van der Waals surface area contributed by atoms with Crippen LogP contribution >= 0.6 is 11.8 Å². The second-order valence-electron chi connectivity index (χ2n) is 4.51. The Kier molecular flexibility index (Phi) is 4.19. The summed E-state index contributed by atoms with van der Waals surface area (Å²) in [6.07, 6.45) is 1.03. The van der Waals surface area contributed by atoms with E-state index >= 15 is 0 Å². The number of benzene rings is 1. The number of nitrogen functional groups attached to an aromatic ring is 1. The largest absolute Gasteiger partial charge is 0.478 e. The molecule has 6 heteroatoms. The van der Waals surface area contributed by atoms with Crippen LogP contribution < -0.4 is 10.6 Å². The van der Waals surface area contributed by atoms with Gasteiger partial charge < -0.3 is 15.7 Å². The van der Waals surface area contributed by atoms with E-state index in [1.165, 1.54) is 12.1 Å². The number of halogens is 1. The van der Waals surface area contributed by atoms with Crippen molar-refractivity contribution in [1.82, 2.24) is 0 Å². The Morgan fingerprint density at radius 1 is 1.63 bits per heavy atom. The molecule has 0 aliphatic carbocycles. The Balaban J connectivity index is 2.39. The third-order valence-electron chi connectivity index (χ3n) is 3.32. The first-order valence-corrected chi connectivity index (χ1v) is 7.27. The van der Waals surface area contributed by atoms with E-state index in [1.807, 2.05) is 16.7 Å². The molecule has 0 spiro atoms. The monoisotopic (exact) mass is 284 g/mol. The third kappa shape index (κ3) is 2.78. The second-order valence-corrected chi connectivity index (χ2v) is 5.92. The molecule has 0 aromatic heterocycles. The molecule has 1 atom stereocenters. The van der Waals surface area contributed by atoms with Crippen LogP contribution in [0, 0.1) is 5.82 Å². The van der Waals surface area contributed by atoms with Gasteiger partial charge in [0.15, 0.2) is 0 Å². The quantitative estimate of drug-likeness (QED) is 0.835. The highest BCUT2D eigenvalue weighted by atomic mass is 32.2. The normalized spacial score (nSPS) is 19.5. The molecular weight excluding hydrogens is 267 g/mol. The summed E-state index contributed by atoms with van der Waals surface area (Å²) in [6.45, 7) is 3.64. The number of nitrogens with two attached hydrogens (primary N) is 1. The highest BCUT2D eigenvalue weighted by Gasteiger charge is 2.25. The van der Waals surface area contributed by atoms with Crippen molar-refractivity contribution in [2.45, 2.75) is 18.6 Å². The van der Waals surface area contributed by atoms with Gasteiger partial charge in [-0.1, -0.05) is 6.92 Å². The number of aromatic carboxylic acids is 1. The summed E-state index contributed by atoms with van der Waals surface area (Å²) in [4.78, 5) is 13.3. The maximum absolute atomic E-state index is 13.4. The van der Waals surface area contributed by atoms with Gasteiger partial charge in [0.1, 0.15) is 11.4 Å². The SMILES string of the molecule is CCC1CN(c2ccc(F)c(N)c2C(=O)O)CCS1. The fourth-order valence-corrected chi connectivity index (χ4v) is 3.44. The molecule has 1 aliphatic heterocycles. The van der Waals surface area contributed by atoms with Gasteiger partial charge in [-0.3, -0.25) is 0 Å². The summed E-state index contributed by atoms with van der Waals surface area (Å²) in [5.74, 6) is -0.924. The van der Waals surface area contributed by atoms with Crippen molar-refractivity contribution in [2.75, 3.05) is 29.5 Å². The molecule has 3 N–H and O–H groups in total. The number of carboxylic acid groups (broad SMARTS) is 1.